The first kappa shape index (κ1) is 40.7. The van der Waals surface area contributed by atoms with Crippen molar-refractivity contribution in [2.45, 2.75) is 233 Å². The maximum absolute atomic E-state index is 6.79. The molecule has 4 aliphatic carbocycles. The zero-order chi connectivity index (χ0) is 37.8. The Morgan fingerprint density at radius 2 is 1.43 bits per heavy atom. The van der Waals surface area contributed by atoms with Gasteiger partial charge in [0.25, 0.3) is 0 Å². The Hall–Kier alpha value is -0.500. The third kappa shape index (κ3) is 7.76. The summed E-state index contributed by atoms with van der Waals surface area (Å²) in [5.74, 6) is 2.79. The van der Waals surface area contributed by atoms with Gasteiger partial charge in [0, 0.05) is 0 Å². The topological polar surface area (TPSA) is 55.4 Å². The zero-order valence-electron chi connectivity index (χ0n) is 35.8. The molecule has 0 aromatic heterocycles. The minimum atomic E-state index is -0.707. The summed E-state index contributed by atoms with van der Waals surface area (Å²) < 4.78 is 38.5. The minimum Gasteiger partial charge on any atom is -0.375 e. The van der Waals surface area contributed by atoms with Crippen LogP contribution in [-0.4, -0.2) is 55.0 Å². The van der Waals surface area contributed by atoms with Crippen molar-refractivity contribution in [3.8, 4) is 0 Å². The molecule has 0 spiro atoms. The second kappa shape index (κ2) is 15.7. The zero-order valence-corrected chi connectivity index (χ0v) is 35.8. The molecule has 0 aromatic carbocycles. The molecule has 0 bridgehead atoms. The van der Waals surface area contributed by atoms with E-state index in [1.165, 1.54) is 103 Å². The van der Waals surface area contributed by atoms with Crippen LogP contribution in [0.25, 0.3) is 0 Å². The van der Waals surface area contributed by atoms with Crippen LogP contribution in [0.3, 0.4) is 0 Å². The maximum Gasteiger partial charge on any atom is 0.190 e. The van der Waals surface area contributed by atoms with Gasteiger partial charge in [-0.3, -0.25) is 0 Å². The fraction of sp³-hybridized carbons (Fsp3) is 0.957. The molecular weight excluding hydrogens is 661 g/mol. The van der Waals surface area contributed by atoms with Crippen LogP contribution in [0.5, 0.6) is 0 Å². The molecule has 3 aliphatic heterocycles. The summed E-state index contributed by atoms with van der Waals surface area (Å²) in [6.07, 6.45) is 26.2. The number of hydrogen-bond acceptors (Lipinski definition) is 6. The fourth-order valence-electron chi connectivity index (χ4n) is 13.8. The predicted molar refractivity (Wildman–Crippen MR) is 212 cm³/mol. The van der Waals surface area contributed by atoms with Crippen LogP contribution in [-0.2, 0) is 28.4 Å². The van der Waals surface area contributed by atoms with Crippen LogP contribution in [0.2, 0.25) is 0 Å². The van der Waals surface area contributed by atoms with Crippen molar-refractivity contribution in [3.05, 3.63) is 11.6 Å². The Kier molecular flexibility index (Phi) is 12.0. The van der Waals surface area contributed by atoms with Gasteiger partial charge in [-0.2, -0.15) is 0 Å². The van der Waals surface area contributed by atoms with Gasteiger partial charge in [-0.1, -0.05) is 111 Å². The molecule has 3 heterocycles. The highest BCUT2D eigenvalue weighted by Gasteiger charge is 2.65. The average molecular weight is 741 g/mol. The molecule has 53 heavy (non-hydrogen) atoms. The minimum absolute atomic E-state index is 0.218. The molecule has 6 nitrogen and oxygen atoms in total. The number of ether oxygens (including phenoxy) is 6. The summed E-state index contributed by atoms with van der Waals surface area (Å²) in [7, 11) is 0. The maximum atomic E-state index is 6.79. The van der Waals surface area contributed by atoms with Gasteiger partial charge < -0.3 is 28.4 Å². The Morgan fingerprint density at radius 1 is 0.736 bits per heavy atom. The normalized spacial score (nSPS) is 44.5. The second-order valence-corrected chi connectivity index (χ2v) is 21.1. The summed E-state index contributed by atoms with van der Waals surface area (Å²) in [5.41, 5.74) is 3.01. The van der Waals surface area contributed by atoms with Gasteiger partial charge in [0.2, 0.25) is 0 Å². The van der Waals surface area contributed by atoms with E-state index >= 15 is 0 Å². The third-order valence-electron chi connectivity index (χ3n) is 16.6. The van der Waals surface area contributed by atoms with Gasteiger partial charge in [0.05, 0.1) is 12.7 Å². The van der Waals surface area contributed by atoms with Crippen molar-refractivity contribution in [2.24, 2.45) is 45.8 Å². The van der Waals surface area contributed by atoms with Crippen LogP contribution >= 0.6 is 0 Å². The number of unbranched alkanes of at least 4 members (excludes halogenated alkanes) is 5. The lowest BCUT2D eigenvalue weighted by atomic mass is 9.44. The van der Waals surface area contributed by atoms with Crippen molar-refractivity contribution in [1.82, 2.24) is 0 Å². The summed E-state index contributed by atoms with van der Waals surface area (Å²) in [4.78, 5) is 0. The number of fused-ring (bicyclic) bond motifs is 8. The standard InChI is InChI=1S/C47H80O6/c1-11-12-13-14-15-16-25-47(32(4)19-17-18-31(2)3)28-24-37-35-21-20-33-29-34(22-26-45(33,9)36(35)23-27-46(37,47)10)48-30-38-39-40(51-43(5,6)50-39)41-42(49-38)53-44(7,8)52-41/h20,31-32,34-42H,11-19,21-30H2,1-10H3/t32-,34+,35-,36+,37+,38-,39+,40+,41-,42-,45+,46+,47-/m1/s1. The van der Waals surface area contributed by atoms with E-state index in [4.69, 9.17) is 28.4 Å². The Bertz CT molecular complexity index is 1280. The van der Waals surface area contributed by atoms with E-state index in [0.717, 1.165) is 42.4 Å². The van der Waals surface area contributed by atoms with E-state index in [9.17, 15) is 0 Å². The molecule has 0 amide bonds. The molecule has 0 unspecified atom stereocenters. The molecule has 3 saturated carbocycles. The first-order chi connectivity index (χ1) is 25.1. The fourth-order valence-corrected chi connectivity index (χ4v) is 13.8. The Balaban J connectivity index is 1.01. The van der Waals surface area contributed by atoms with Crippen LogP contribution in [0.4, 0.5) is 0 Å². The van der Waals surface area contributed by atoms with Gasteiger partial charge in [0.15, 0.2) is 17.9 Å². The van der Waals surface area contributed by atoms with Crippen LogP contribution in [0.15, 0.2) is 11.6 Å². The molecule has 6 fully saturated rings. The van der Waals surface area contributed by atoms with Crippen molar-refractivity contribution in [1.29, 1.82) is 0 Å². The van der Waals surface area contributed by atoms with Crippen LogP contribution in [0.1, 0.15) is 185 Å². The largest absolute Gasteiger partial charge is 0.375 e. The SMILES string of the molecule is CCCCCCCC[C@]1([C@H](C)CCCC(C)C)CC[C@H]2[C@@H]3CC=C4C[C@@H](OC[C@H]5O[C@@H]6OC(C)(C)O[C@@H]6[C@H]6OC(C)(C)O[C@H]65)CC[C@]4(C)[C@H]3CC[C@@]21C. The summed E-state index contributed by atoms with van der Waals surface area (Å²) in [6, 6.07) is 0. The lowest BCUT2D eigenvalue weighted by Crippen LogP contribution is -2.56. The van der Waals surface area contributed by atoms with Crippen molar-refractivity contribution < 1.29 is 28.4 Å². The molecule has 0 aromatic rings. The third-order valence-corrected chi connectivity index (χ3v) is 16.6. The highest BCUT2D eigenvalue weighted by atomic mass is 16.9. The molecule has 6 heteroatoms. The summed E-state index contributed by atoms with van der Waals surface area (Å²) in [5, 5.41) is 0. The molecule has 0 radical (unpaired) electrons. The Labute approximate surface area is 324 Å². The molecule has 7 aliphatic rings. The molecule has 7 rings (SSSR count). The van der Waals surface area contributed by atoms with E-state index in [-0.39, 0.29) is 30.5 Å². The van der Waals surface area contributed by atoms with Gasteiger partial charge in [-0.25, -0.2) is 0 Å². The Morgan fingerprint density at radius 3 is 2.21 bits per heavy atom. The van der Waals surface area contributed by atoms with Crippen molar-refractivity contribution in [2.75, 3.05) is 6.61 Å². The highest BCUT2D eigenvalue weighted by Crippen LogP contribution is 2.72. The average Bonchev–Trinajstić information content (AvgIpc) is 3.71. The van der Waals surface area contributed by atoms with Crippen LogP contribution in [0, 0.1) is 45.8 Å². The van der Waals surface area contributed by atoms with Gasteiger partial charge in [-0.15, -0.1) is 0 Å². The molecule has 0 N–H and O–H groups in total. The summed E-state index contributed by atoms with van der Waals surface area (Å²) in [6.45, 7) is 23.7. The van der Waals surface area contributed by atoms with E-state index in [1.54, 1.807) is 5.57 Å². The van der Waals surface area contributed by atoms with E-state index < -0.39 is 17.9 Å². The first-order valence-corrected chi connectivity index (χ1v) is 22.8. The molecule has 3 saturated heterocycles. The van der Waals surface area contributed by atoms with E-state index in [0.29, 0.717) is 22.9 Å². The number of allylic oxidation sites excluding steroid dienone is 1. The predicted octanol–water partition coefficient (Wildman–Crippen LogP) is 11.9. The summed E-state index contributed by atoms with van der Waals surface area (Å²) >= 11 is 0. The molecule has 13 atom stereocenters. The quantitative estimate of drug-likeness (QED) is 0.123. The number of rotatable bonds is 15. The van der Waals surface area contributed by atoms with E-state index in [1.807, 2.05) is 27.7 Å². The second-order valence-electron chi connectivity index (χ2n) is 21.1. The van der Waals surface area contributed by atoms with Crippen molar-refractivity contribution in [3.63, 3.8) is 0 Å². The van der Waals surface area contributed by atoms with Gasteiger partial charge in [-0.05, 0) is 131 Å². The highest BCUT2D eigenvalue weighted by molar-refractivity contribution is 5.26. The lowest BCUT2D eigenvalue weighted by molar-refractivity contribution is -0.246. The van der Waals surface area contributed by atoms with Crippen LogP contribution < -0.4 is 0 Å². The van der Waals surface area contributed by atoms with Crippen molar-refractivity contribution >= 4 is 0 Å². The molecular formula is C47H80O6. The first-order valence-electron chi connectivity index (χ1n) is 22.8. The van der Waals surface area contributed by atoms with E-state index in [2.05, 4.69) is 47.6 Å². The molecule has 304 valence electrons. The van der Waals surface area contributed by atoms with Gasteiger partial charge >= 0.3 is 0 Å². The number of hydrogen-bond donors (Lipinski definition) is 0. The van der Waals surface area contributed by atoms with Gasteiger partial charge in [0.1, 0.15) is 24.4 Å². The smallest absolute Gasteiger partial charge is 0.190 e. The monoisotopic (exact) mass is 741 g/mol. The lowest BCUT2D eigenvalue weighted by Gasteiger charge is -2.61.